The highest BCUT2D eigenvalue weighted by atomic mass is 16.5. The Bertz CT molecular complexity index is 227. The predicted molar refractivity (Wildman–Crippen MR) is 76.4 cm³/mol. The summed E-state index contributed by atoms with van der Waals surface area (Å²) in [4.78, 5) is 11.3. The molecule has 0 radical (unpaired) electrons. The SMILES string of the molecule is CCCCC(=CCOC(=O)CCCN)CCCC. The maximum Gasteiger partial charge on any atom is 0.306 e. The van der Waals surface area contributed by atoms with E-state index < -0.39 is 0 Å². The van der Waals surface area contributed by atoms with Crippen LogP contribution in [0.2, 0.25) is 0 Å². The number of rotatable bonds is 11. The van der Waals surface area contributed by atoms with Crippen LogP contribution < -0.4 is 5.73 Å². The fraction of sp³-hybridized carbons (Fsp3) is 0.800. The Balaban J connectivity index is 3.92. The lowest BCUT2D eigenvalue weighted by molar-refractivity contribution is -0.142. The number of nitrogens with two attached hydrogens (primary N) is 1. The highest BCUT2D eigenvalue weighted by Crippen LogP contribution is 2.14. The Morgan fingerprint density at radius 3 is 2.17 bits per heavy atom. The van der Waals surface area contributed by atoms with E-state index in [9.17, 15) is 4.79 Å². The molecule has 0 amide bonds. The second-order valence-electron chi connectivity index (χ2n) is 4.64. The van der Waals surface area contributed by atoms with Gasteiger partial charge in [0.05, 0.1) is 0 Å². The number of carbonyl (C=O) groups is 1. The second-order valence-corrected chi connectivity index (χ2v) is 4.64. The van der Waals surface area contributed by atoms with Crippen LogP contribution in [0.4, 0.5) is 0 Å². The van der Waals surface area contributed by atoms with Gasteiger partial charge in [0, 0.05) is 6.42 Å². The monoisotopic (exact) mass is 255 g/mol. The van der Waals surface area contributed by atoms with E-state index in [0.29, 0.717) is 26.0 Å². The van der Waals surface area contributed by atoms with Crippen LogP contribution in [0.3, 0.4) is 0 Å². The Morgan fingerprint density at radius 2 is 1.67 bits per heavy atom. The molecule has 0 rings (SSSR count). The molecule has 0 bridgehead atoms. The fourth-order valence-corrected chi connectivity index (χ4v) is 1.71. The van der Waals surface area contributed by atoms with E-state index in [0.717, 1.165) is 12.8 Å². The minimum atomic E-state index is -0.137. The van der Waals surface area contributed by atoms with Gasteiger partial charge in [-0.25, -0.2) is 0 Å². The molecule has 0 aliphatic heterocycles. The van der Waals surface area contributed by atoms with Gasteiger partial charge in [-0.2, -0.15) is 0 Å². The summed E-state index contributed by atoms with van der Waals surface area (Å²) in [5, 5.41) is 0. The van der Waals surface area contributed by atoms with Crippen LogP contribution in [0, 0.1) is 0 Å². The van der Waals surface area contributed by atoms with Crippen molar-refractivity contribution in [3.8, 4) is 0 Å². The van der Waals surface area contributed by atoms with Crippen molar-refractivity contribution in [1.82, 2.24) is 0 Å². The molecule has 0 aromatic heterocycles. The standard InChI is InChI=1S/C15H29NO2/c1-3-5-8-14(9-6-4-2)11-13-18-15(17)10-7-12-16/h11H,3-10,12-13,16H2,1-2H3. The zero-order valence-electron chi connectivity index (χ0n) is 12.0. The minimum absolute atomic E-state index is 0.137. The van der Waals surface area contributed by atoms with Gasteiger partial charge < -0.3 is 10.5 Å². The van der Waals surface area contributed by atoms with Gasteiger partial charge in [-0.05, 0) is 44.7 Å². The highest BCUT2D eigenvalue weighted by Gasteiger charge is 2.01. The second kappa shape index (κ2) is 12.6. The summed E-state index contributed by atoms with van der Waals surface area (Å²) in [5.41, 5.74) is 6.78. The summed E-state index contributed by atoms with van der Waals surface area (Å²) >= 11 is 0. The number of ether oxygens (including phenoxy) is 1. The van der Waals surface area contributed by atoms with Crippen LogP contribution >= 0.6 is 0 Å². The fourth-order valence-electron chi connectivity index (χ4n) is 1.71. The molecule has 0 atom stereocenters. The van der Waals surface area contributed by atoms with Gasteiger partial charge in [0.2, 0.25) is 0 Å². The summed E-state index contributed by atoms with van der Waals surface area (Å²) in [6, 6.07) is 0. The maximum atomic E-state index is 11.3. The van der Waals surface area contributed by atoms with Crippen molar-refractivity contribution in [2.24, 2.45) is 5.73 Å². The van der Waals surface area contributed by atoms with Gasteiger partial charge in [0.15, 0.2) is 0 Å². The molecule has 3 nitrogen and oxygen atoms in total. The van der Waals surface area contributed by atoms with Crippen molar-refractivity contribution in [2.45, 2.75) is 65.2 Å². The molecule has 0 heterocycles. The number of esters is 1. The molecule has 0 unspecified atom stereocenters. The topological polar surface area (TPSA) is 52.3 Å². The van der Waals surface area contributed by atoms with Gasteiger partial charge in [0.1, 0.15) is 6.61 Å². The van der Waals surface area contributed by atoms with Crippen LogP contribution in [0.25, 0.3) is 0 Å². The van der Waals surface area contributed by atoms with Crippen molar-refractivity contribution >= 4 is 5.97 Å². The van der Waals surface area contributed by atoms with Crippen molar-refractivity contribution in [3.63, 3.8) is 0 Å². The smallest absolute Gasteiger partial charge is 0.306 e. The molecule has 106 valence electrons. The molecule has 0 aliphatic rings. The molecule has 2 N–H and O–H groups in total. The lowest BCUT2D eigenvalue weighted by Crippen LogP contribution is -2.08. The van der Waals surface area contributed by atoms with Gasteiger partial charge in [0.25, 0.3) is 0 Å². The van der Waals surface area contributed by atoms with E-state index in [1.807, 2.05) is 0 Å². The van der Waals surface area contributed by atoms with Crippen LogP contribution in [0.5, 0.6) is 0 Å². The first-order valence-electron chi connectivity index (χ1n) is 7.28. The Kier molecular flexibility index (Phi) is 12.0. The summed E-state index contributed by atoms with van der Waals surface area (Å²) < 4.78 is 5.16. The zero-order valence-corrected chi connectivity index (χ0v) is 12.0. The van der Waals surface area contributed by atoms with Crippen molar-refractivity contribution in [1.29, 1.82) is 0 Å². The number of allylic oxidation sites excluding steroid dienone is 1. The number of hydrogen-bond donors (Lipinski definition) is 1. The molecule has 18 heavy (non-hydrogen) atoms. The third-order valence-electron chi connectivity index (χ3n) is 2.90. The lowest BCUT2D eigenvalue weighted by atomic mass is 10.0. The predicted octanol–water partition coefficient (Wildman–Crippen LogP) is 3.58. The highest BCUT2D eigenvalue weighted by molar-refractivity contribution is 5.69. The van der Waals surface area contributed by atoms with Crippen molar-refractivity contribution in [3.05, 3.63) is 11.6 Å². The quantitative estimate of drug-likeness (QED) is 0.453. The van der Waals surface area contributed by atoms with Crippen molar-refractivity contribution < 1.29 is 9.53 Å². The van der Waals surface area contributed by atoms with E-state index in [1.165, 1.54) is 31.3 Å². The minimum Gasteiger partial charge on any atom is -0.461 e. The molecule has 3 heteroatoms. The third kappa shape index (κ3) is 10.3. The van der Waals surface area contributed by atoms with Crippen LogP contribution in [-0.4, -0.2) is 19.1 Å². The summed E-state index contributed by atoms with van der Waals surface area (Å²) in [7, 11) is 0. The Hall–Kier alpha value is -0.830. The first-order valence-corrected chi connectivity index (χ1v) is 7.28. The number of carbonyl (C=O) groups excluding carboxylic acids is 1. The van der Waals surface area contributed by atoms with Crippen LogP contribution in [0.15, 0.2) is 11.6 Å². The average Bonchev–Trinajstić information content (AvgIpc) is 2.38. The molecule has 0 aliphatic carbocycles. The van der Waals surface area contributed by atoms with Gasteiger partial charge in [-0.1, -0.05) is 32.3 Å². The van der Waals surface area contributed by atoms with Crippen molar-refractivity contribution in [2.75, 3.05) is 13.2 Å². The Labute approximate surface area is 112 Å². The molecule has 0 aromatic carbocycles. The third-order valence-corrected chi connectivity index (χ3v) is 2.90. The zero-order chi connectivity index (χ0) is 13.6. The molecule has 0 fully saturated rings. The largest absolute Gasteiger partial charge is 0.461 e. The van der Waals surface area contributed by atoms with Crippen LogP contribution in [0.1, 0.15) is 65.2 Å². The van der Waals surface area contributed by atoms with Gasteiger partial charge in [-0.3, -0.25) is 4.79 Å². The van der Waals surface area contributed by atoms with E-state index in [2.05, 4.69) is 19.9 Å². The van der Waals surface area contributed by atoms with Gasteiger partial charge in [-0.15, -0.1) is 0 Å². The van der Waals surface area contributed by atoms with Crippen LogP contribution in [-0.2, 0) is 9.53 Å². The average molecular weight is 255 g/mol. The first kappa shape index (κ1) is 17.2. The normalized spacial score (nSPS) is 10.2. The van der Waals surface area contributed by atoms with E-state index in [-0.39, 0.29) is 5.97 Å². The number of hydrogen-bond acceptors (Lipinski definition) is 3. The molecular weight excluding hydrogens is 226 g/mol. The molecule has 0 spiro atoms. The van der Waals surface area contributed by atoms with E-state index in [4.69, 9.17) is 10.5 Å². The molecular formula is C15H29NO2. The number of unbranched alkanes of at least 4 members (excludes halogenated alkanes) is 2. The summed E-state index contributed by atoms with van der Waals surface area (Å²) in [6.45, 7) is 5.37. The van der Waals surface area contributed by atoms with E-state index >= 15 is 0 Å². The molecule has 0 saturated carbocycles. The van der Waals surface area contributed by atoms with Gasteiger partial charge >= 0.3 is 5.97 Å². The summed E-state index contributed by atoms with van der Waals surface area (Å²) in [6.07, 6.45) is 10.4. The lowest BCUT2D eigenvalue weighted by Gasteiger charge is -2.07. The summed E-state index contributed by atoms with van der Waals surface area (Å²) in [5.74, 6) is -0.137. The first-order chi connectivity index (χ1) is 8.74. The maximum absolute atomic E-state index is 11.3. The molecule has 0 aromatic rings. The Morgan fingerprint density at radius 1 is 1.06 bits per heavy atom. The van der Waals surface area contributed by atoms with E-state index in [1.54, 1.807) is 0 Å². The molecule has 0 saturated heterocycles.